The molecule has 3 heterocycles. The van der Waals surface area contributed by atoms with Crippen LogP contribution in [0.25, 0.3) is 15.7 Å². The third-order valence-electron chi connectivity index (χ3n) is 5.50. The number of carbonyl (C=O) groups excluding carboxylic acids is 2. The molecule has 0 bridgehead atoms. The average molecular weight is 464 g/mol. The van der Waals surface area contributed by atoms with Crippen LogP contribution in [0.15, 0.2) is 48.8 Å². The van der Waals surface area contributed by atoms with Gasteiger partial charge in [-0.25, -0.2) is 18.5 Å². The molecule has 0 spiro atoms. The number of imide groups is 1. The Morgan fingerprint density at radius 3 is 2.79 bits per heavy atom. The van der Waals surface area contributed by atoms with Crippen LogP contribution in [0.4, 0.5) is 19.3 Å². The second-order valence-corrected chi connectivity index (χ2v) is 8.54. The Labute approximate surface area is 190 Å². The first-order valence-electron chi connectivity index (χ1n) is 9.76. The van der Waals surface area contributed by atoms with Gasteiger partial charge in [0.05, 0.1) is 36.7 Å². The van der Waals surface area contributed by atoms with E-state index >= 15 is 0 Å². The fraction of sp³-hybridized carbons (Fsp3) is 0.130. The van der Waals surface area contributed by atoms with E-state index < -0.39 is 34.9 Å². The quantitative estimate of drug-likeness (QED) is 0.630. The van der Waals surface area contributed by atoms with E-state index in [0.717, 1.165) is 22.7 Å². The average Bonchev–Trinajstić information content (AvgIpc) is 3.23. The van der Waals surface area contributed by atoms with Crippen molar-refractivity contribution < 1.29 is 23.1 Å². The van der Waals surface area contributed by atoms with Crippen LogP contribution in [0.5, 0.6) is 5.75 Å². The largest absolute Gasteiger partial charge is 0.494 e. The van der Waals surface area contributed by atoms with Crippen LogP contribution in [-0.2, 0) is 4.79 Å². The third-order valence-corrected chi connectivity index (χ3v) is 6.86. The van der Waals surface area contributed by atoms with Gasteiger partial charge in [0.15, 0.2) is 11.6 Å². The summed E-state index contributed by atoms with van der Waals surface area (Å²) in [7, 11) is 1.31. The minimum Gasteiger partial charge on any atom is -0.494 e. The number of ether oxygens (including phenoxy) is 1. The van der Waals surface area contributed by atoms with E-state index in [4.69, 9.17) is 4.74 Å². The summed E-state index contributed by atoms with van der Waals surface area (Å²) in [6.07, 6.45) is 4.38. The van der Waals surface area contributed by atoms with Gasteiger partial charge in [-0.1, -0.05) is 12.1 Å². The minimum atomic E-state index is -0.762. The molecule has 0 radical (unpaired) electrons. The van der Waals surface area contributed by atoms with Crippen molar-refractivity contribution in [3.05, 3.63) is 71.6 Å². The number of anilines is 1. The molecule has 164 valence electrons. The maximum atomic E-state index is 14.6. The molecule has 0 saturated carbocycles. The molecule has 2 aliphatic heterocycles. The van der Waals surface area contributed by atoms with Gasteiger partial charge in [-0.2, -0.15) is 5.26 Å². The van der Waals surface area contributed by atoms with Gasteiger partial charge in [0.25, 0.3) is 5.91 Å². The second kappa shape index (κ2) is 7.86. The van der Waals surface area contributed by atoms with Crippen LogP contribution in [0.3, 0.4) is 0 Å². The summed E-state index contributed by atoms with van der Waals surface area (Å²) in [4.78, 5) is 31.8. The predicted molar refractivity (Wildman–Crippen MR) is 119 cm³/mol. The van der Waals surface area contributed by atoms with E-state index in [1.165, 1.54) is 37.7 Å². The summed E-state index contributed by atoms with van der Waals surface area (Å²) in [5.41, 5.74) is 0.505. The molecule has 33 heavy (non-hydrogen) atoms. The number of rotatable bonds is 3. The third kappa shape index (κ3) is 3.29. The first-order chi connectivity index (χ1) is 15.9. The second-order valence-electron chi connectivity index (χ2n) is 7.36. The van der Waals surface area contributed by atoms with Crippen molar-refractivity contribution >= 4 is 45.1 Å². The molecule has 3 amide bonds. The standard InChI is InChI=1S/C23H14F2N4O3S/c1-32-18-6-13(12(8-26)5-15(18)25)19-7-16-21(33-19)22(30)29(23(31)28-16)17-10-27-9-11-3-2-4-14(24)20(11)17/h2-7,9-10,16,21H,1H3,(H,28,31). The van der Waals surface area contributed by atoms with E-state index in [9.17, 15) is 23.6 Å². The molecule has 1 N–H and O–H groups in total. The monoisotopic (exact) mass is 464 g/mol. The lowest BCUT2D eigenvalue weighted by atomic mass is 10.0. The van der Waals surface area contributed by atoms with E-state index in [1.807, 2.05) is 6.07 Å². The molecular formula is C23H14F2N4O3S. The zero-order valence-electron chi connectivity index (χ0n) is 17.0. The van der Waals surface area contributed by atoms with Gasteiger partial charge in [-0.05, 0) is 24.3 Å². The van der Waals surface area contributed by atoms with Crippen molar-refractivity contribution in [2.75, 3.05) is 12.0 Å². The first kappa shape index (κ1) is 20.9. The number of amides is 3. The Kier molecular flexibility index (Phi) is 4.98. The van der Waals surface area contributed by atoms with Gasteiger partial charge in [-0.3, -0.25) is 9.78 Å². The Bertz CT molecular complexity index is 1410. The highest BCUT2D eigenvalue weighted by Gasteiger charge is 2.46. The first-order valence-corrected chi connectivity index (χ1v) is 10.6. The molecule has 1 aromatic heterocycles. The van der Waals surface area contributed by atoms with Gasteiger partial charge in [0.1, 0.15) is 11.1 Å². The summed E-state index contributed by atoms with van der Waals surface area (Å²) < 4.78 is 33.7. The van der Waals surface area contributed by atoms with Crippen molar-refractivity contribution in [1.82, 2.24) is 10.3 Å². The number of carbonyl (C=O) groups is 2. The lowest BCUT2D eigenvalue weighted by Crippen LogP contribution is -2.60. The maximum Gasteiger partial charge on any atom is 0.329 e. The number of hydrogen-bond donors (Lipinski definition) is 1. The van der Waals surface area contributed by atoms with Crippen molar-refractivity contribution in [2.45, 2.75) is 11.3 Å². The fourth-order valence-corrected chi connectivity index (χ4v) is 5.28. The van der Waals surface area contributed by atoms with Crippen LogP contribution < -0.4 is 15.0 Å². The van der Waals surface area contributed by atoms with Crippen LogP contribution in [0.1, 0.15) is 11.1 Å². The zero-order chi connectivity index (χ0) is 23.3. The van der Waals surface area contributed by atoms with Crippen molar-refractivity contribution in [2.24, 2.45) is 0 Å². The number of hydrogen-bond acceptors (Lipinski definition) is 6. The molecule has 3 aromatic rings. The van der Waals surface area contributed by atoms with Crippen LogP contribution in [-0.4, -0.2) is 35.3 Å². The maximum absolute atomic E-state index is 14.6. The Morgan fingerprint density at radius 1 is 1.21 bits per heavy atom. The number of aromatic nitrogens is 1. The summed E-state index contributed by atoms with van der Waals surface area (Å²) in [6, 6.07) is 7.43. The van der Waals surface area contributed by atoms with Crippen molar-refractivity contribution in [3.63, 3.8) is 0 Å². The molecule has 7 nitrogen and oxygen atoms in total. The van der Waals surface area contributed by atoms with Crippen molar-refractivity contribution in [3.8, 4) is 11.8 Å². The predicted octanol–water partition coefficient (Wildman–Crippen LogP) is 3.97. The van der Waals surface area contributed by atoms with Gasteiger partial charge in [0, 0.05) is 27.4 Å². The number of thioether (sulfide) groups is 1. The molecule has 2 aliphatic rings. The number of benzene rings is 2. The molecule has 10 heteroatoms. The molecule has 1 saturated heterocycles. The number of methoxy groups -OCH3 is 1. The number of nitriles is 1. The highest BCUT2D eigenvalue weighted by atomic mass is 32.2. The molecule has 2 aromatic carbocycles. The lowest BCUT2D eigenvalue weighted by molar-refractivity contribution is -0.118. The van der Waals surface area contributed by atoms with Gasteiger partial charge < -0.3 is 10.1 Å². The van der Waals surface area contributed by atoms with Gasteiger partial charge in [-0.15, -0.1) is 11.8 Å². The number of fused-ring (bicyclic) bond motifs is 2. The van der Waals surface area contributed by atoms with E-state index in [1.54, 1.807) is 12.1 Å². The van der Waals surface area contributed by atoms with Crippen LogP contribution >= 0.6 is 11.8 Å². The summed E-state index contributed by atoms with van der Waals surface area (Å²) in [6.45, 7) is 0. The van der Waals surface area contributed by atoms with Crippen LogP contribution in [0, 0.1) is 23.0 Å². The van der Waals surface area contributed by atoms with Crippen molar-refractivity contribution in [1.29, 1.82) is 5.26 Å². The SMILES string of the molecule is COc1cc(C2=CC3NC(=O)N(c4cncc5cccc(F)c45)C(=O)C3S2)c(C#N)cc1F. The van der Waals surface area contributed by atoms with E-state index in [0.29, 0.717) is 15.9 Å². The molecule has 1 fully saturated rings. The molecule has 2 atom stereocenters. The van der Waals surface area contributed by atoms with Gasteiger partial charge in [0.2, 0.25) is 0 Å². The molecule has 0 aliphatic carbocycles. The number of urea groups is 1. The number of pyridine rings is 1. The normalized spacial score (nSPS) is 19.7. The lowest BCUT2D eigenvalue weighted by Gasteiger charge is -2.33. The highest BCUT2D eigenvalue weighted by molar-refractivity contribution is 8.09. The highest BCUT2D eigenvalue weighted by Crippen LogP contribution is 2.45. The molecule has 2 unspecified atom stereocenters. The minimum absolute atomic E-state index is 0.0433. The molecule has 5 rings (SSSR count). The van der Waals surface area contributed by atoms with E-state index in [2.05, 4.69) is 10.3 Å². The Morgan fingerprint density at radius 2 is 2.03 bits per heavy atom. The topological polar surface area (TPSA) is 95.3 Å². The van der Waals surface area contributed by atoms with Gasteiger partial charge >= 0.3 is 6.03 Å². The van der Waals surface area contributed by atoms with E-state index in [-0.39, 0.29) is 22.4 Å². The fourth-order valence-electron chi connectivity index (χ4n) is 3.98. The molecular weight excluding hydrogens is 450 g/mol. The van der Waals surface area contributed by atoms with Crippen LogP contribution in [0.2, 0.25) is 0 Å². The summed E-state index contributed by atoms with van der Waals surface area (Å²) in [5, 5.41) is 12.0. The Hall–Kier alpha value is -3.97. The smallest absolute Gasteiger partial charge is 0.329 e. The Balaban J connectivity index is 1.53. The summed E-state index contributed by atoms with van der Waals surface area (Å²) >= 11 is 1.13. The zero-order valence-corrected chi connectivity index (χ0v) is 17.8. The number of nitrogens with zero attached hydrogens (tertiary/aromatic N) is 3. The number of nitrogens with one attached hydrogen (secondary N) is 1. The summed E-state index contributed by atoms with van der Waals surface area (Å²) in [5.74, 6) is -1.86. The number of halogens is 2.